The molecule has 0 aliphatic carbocycles. The van der Waals surface area contributed by atoms with E-state index >= 15 is 0 Å². The second kappa shape index (κ2) is 5.72. The van der Waals surface area contributed by atoms with E-state index in [2.05, 4.69) is 0 Å². The van der Waals surface area contributed by atoms with E-state index < -0.39 is 12.0 Å². The summed E-state index contributed by atoms with van der Waals surface area (Å²) < 4.78 is 0. The molecule has 2 fully saturated rings. The molecule has 4 rings (SSSR count). The van der Waals surface area contributed by atoms with Gasteiger partial charge in [-0.3, -0.25) is 14.5 Å². The summed E-state index contributed by atoms with van der Waals surface area (Å²) in [6.45, 7) is 1.90. The average Bonchev–Trinajstić information content (AvgIpc) is 2.96. The molecule has 3 aliphatic rings. The highest BCUT2D eigenvalue weighted by atomic mass is 16.4. The van der Waals surface area contributed by atoms with Gasteiger partial charge < -0.3 is 15.1 Å². The van der Waals surface area contributed by atoms with Crippen LogP contribution in [0.1, 0.15) is 18.9 Å². The van der Waals surface area contributed by atoms with Crippen LogP contribution >= 0.6 is 0 Å². The van der Waals surface area contributed by atoms with Gasteiger partial charge in [-0.15, -0.1) is 0 Å². The fourth-order valence-electron chi connectivity index (χ4n) is 4.23. The zero-order valence-corrected chi connectivity index (χ0v) is 14.1. The summed E-state index contributed by atoms with van der Waals surface area (Å²) >= 11 is 0. The van der Waals surface area contributed by atoms with Crippen LogP contribution in [0.15, 0.2) is 41.6 Å². The lowest BCUT2D eigenvalue weighted by Crippen LogP contribution is -2.69. The topological polar surface area (TPSA) is 98.2 Å². The minimum atomic E-state index is -1.14. The van der Waals surface area contributed by atoms with Gasteiger partial charge in [0.1, 0.15) is 17.5 Å². The van der Waals surface area contributed by atoms with Crippen molar-refractivity contribution in [2.45, 2.75) is 25.4 Å². The molecule has 0 bridgehead atoms. The van der Waals surface area contributed by atoms with Crippen LogP contribution in [-0.4, -0.2) is 56.4 Å². The Morgan fingerprint density at radius 3 is 2.50 bits per heavy atom. The standard InChI is InChI=1S/C19H18N2O5/c1-10(22)20-9-13-8-12(5-2-11-3-6-14(23)7-4-11)16(19(25)26)21-15(13)17(20)18(21)24/h2-7,13,15,17,23H,8-9H2,1H3,(H,25,26)/b5-2+/t13-,15-,17+/m1/s1. The number of carboxylic acid groups (broad SMARTS) is 1. The summed E-state index contributed by atoms with van der Waals surface area (Å²) in [5, 5.41) is 19.0. The number of aromatic hydroxyl groups is 1. The molecule has 3 aliphatic heterocycles. The summed E-state index contributed by atoms with van der Waals surface area (Å²) in [6.07, 6.45) is 3.98. The van der Waals surface area contributed by atoms with Crippen molar-refractivity contribution in [3.05, 3.63) is 47.2 Å². The van der Waals surface area contributed by atoms with Crippen molar-refractivity contribution >= 4 is 23.9 Å². The third-order valence-corrected chi connectivity index (χ3v) is 5.37. The summed E-state index contributed by atoms with van der Waals surface area (Å²) in [4.78, 5) is 39.0. The average molecular weight is 354 g/mol. The quantitative estimate of drug-likeness (QED) is 0.795. The molecule has 0 unspecified atom stereocenters. The maximum Gasteiger partial charge on any atom is 0.352 e. The van der Waals surface area contributed by atoms with Crippen molar-refractivity contribution < 1.29 is 24.6 Å². The third kappa shape index (κ3) is 2.31. The van der Waals surface area contributed by atoms with Crippen LogP contribution in [0, 0.1) is 5.92 Å². The number of likely N-dealkylation sites (tertiary alicyclic amines) is 1. The number of amides is 2. The smallest absolute Gasteiger partial charge is 0.352 e. The van der Waals surface area contributed by atoms with Gasteiger partial charge in [0.2, 0.25) is 5.91 Å². The van der Waals surface area contributed by atoms with Gasteiger partial charge in [0.05, 0.1) is 6.04 Å². The zero-order chi connectivity index (χ0) is 18.6. The van der Waals surface area contributed by atoms with Crippen LogP contribution in [0.25, 0.3) is 6.08 Å². The summed E-state index contributed by atoms with van der Waals surface area (Å²) in [5.74, 6) is -1.41. The minimum absolute atomic E-state index is 0.00734. The summed E-state index contributed by atoms with van der Waals surface area (Å²) in [5.41, 5.74) is 1.39. The molecule has 0 saturated carbocycles. The Morgan fingerprint density at radius 1 is 1.19 bits per heavy atom. The first kappa shape index (κ1) is 16.4. The highest BCUT2D eigenvalue weighted by Crippen LogP contribution is 2.47. The molecular weight excluding hydrogens is 336 g/mol. The molecule has 3 atom stereocenters. The molecule has 3 heterocycles. The first-order valence-corrected chi connectivity index (χ1v) is 8.42. The van der Waals surface area contributed by atoms with Gasteiger partial charge >= 0.3 is 5.97 Å². The number of carbonyl (C=O) groups is 3. The molecule has 2 amide bonds. The SMILES string of the molecule is CC(=O)N1C[C@H]2CC(/C=C/c3ccc(O)cc3)=C(C(=O)O)N3C(=O)[C@@H]1[C@@H]23. The van der Waals surface area contributed by atoms with E-state index in [1.165, 1.54) is 11.8 Å². The van der Waals surface area contributed by atoms with Crippen LogP contribution < -0.4 is 0 Å². The minimum Gasteiger partial charge on any atom is -0.508 e. The Morgan fingerprint density at radius 2 is 1.88 bits per heavy atom. The van der Waals surface area contributed by atoms with Crippen LogP contribution in [0.3, 0.4) is 0 Å². The lowest BCUT2D eigenvalue weighted by atomic mass is 9.79. The van der Waals surface area contributed by atoms with Gasteiger partial charge in [-0.05, 0) is 29.7 Å². The Kier molecular flexibility index (Phi) is 3.61. The molecule has 7 nitrogen and oxygen atoms in total. The van der Waals surface area contributed by atoms with Crippen molar-refractivity contribution in [3.63, 3.8) is 0 Å². The van der Waals surface area contributed by atoms with Crippen molar-refractivity contribution in [1.82, 2.24) is 9.80 Å². The number of aliphatic carboxylic acids is 1. The second-order valence-electron chi connectivity index (χ2n) is 6.88. The number of carbonyl (C=O) groups excluding carboxylic acids is 2. The Bertz CT molecular complexity index is 870. The lowest BCUT2D eigenvalue weighted by molar-refractivity contribution is -0.159. The highest BCUT2D eigenvalue weighted by Gasteiger charge is 2.63. The molecule has 26 heavy (non-hydrogen) atoms. The molecular formula is C19H18N2O5. The Balaban J connectivity index is 1.68. The number of phenols is 1. The molecule has 1 aromatic rings. The van der Waals surface area contributed by atoms with E-state index in [1.54, 1.807) is 41.3 Å². The predicted molar refractivity (Wildman–Crippen MR) is 91.7 cm³/mol. The first-order chi connectivity index (χ1) is 12.4. The number of rotatable bonds is 3. The number of phenolic OH excluding ortho intramolecular Hbond substituents is 1. The van der Waals surface area contributed by atoms with E-state index in [-0.39, 0.29) is 35.2 Å². The fraction of sp³-hybridized carbons (Fsp3) is 0.316. The van der Waals surface area contributed by atoms with Crippen molar-refractivity contribution in [2.75, 3.05) is 6.54 Å². The molecule has 2 saturated heterocycles. The number of benzene rings is 1. The maximum atomic E-state index is 12.5. The first-order valence-electron chi connectivity index (χ1n) is 8.42. The number of allylic oxidation sites excluding steroid dienone is 2. The maximum absolute atomic E-state index is 12.5. The van der Waals surface area contributed by atoms with Gasteiger partial charge in [-0.2, -0.15) is 0 Å². The Labute approximate surface area is 149 Å². The number of β-lactam (4-membered cyclic amide) rings is 1. The van der Waals surface area contributed by atoms with E-state index in [0.717, 1.165) is 5.56 Å². The fourth-order valence-corrected chi connectivity index (χ4v) is 4.23. The zero-order valence-electron chi connectivity index (χ0n) is 14.1. The van der Waals surface area contributed by atoms with Crippen LogP contribution in [0.4, 0.5) is 0 Å². The molecule has 0 radical (unpaired) electrons. The van der Waals surface area contributed by atoms with E-state index in [4.69, 9.17) is 0 Å². The normalized spacial score (nSPS) is 27.0. The van der Waals surface area contributed by atoms with E-state index in [1.807, 2.05) is 0 Å². The van der Waals surface area contributed by atoms with Gasteiger partial charge in [0.15, 0.2) is 0 Å². The molecule has 134 valence electrons. The molecule has 0 spiro atoms. The summed E-state index contributed by atoms with van der Waals surface area (Å²) in [6, 6.07) is 5.78. The highest BCUT2D eigenvalue weighted by molar-refractivity contribution is 6.02. The van der Waals surface area contributed by atoms with Crippen LogP contribution in [-0.2, 0) is 14.4 Å². The van der Waals surface area contributed by atoms with E-state index in [0.29, 0.717) is 18.5 Å². The van der Waals surface area contributed by atoms with Crippen molar-refractivity contribution in [3.8, 4) is 5.75 Å². The number of nitrogens with zero attached hydrogens (tertiary/aromatic N) is 2. The summed E-state index contributed by atoms with van der Waals surface area (Å²) in [7, 11) is 0. The van der Waals surface area contributed by atoms with Crippen molar-refractivity contribution in [2.24, 2.45) is 5.92 Å². The van der Waals surface area contributed by atoms with Gasteiger partial charge in [-0.25, -0.2) is 4.79 Å². The van der Waals surface area contributed by atoms with Crippen LogP contribution in [0.5, 0.6) is 5.75 Å². The lowest BCUT2D eigenvalue weighted by Gasteiger charge is -2.49. The Hall–Kier alpha value is -3.09. The van der Waals surface area contributed by atoms with Gasteiger partial charge in [0.25, 0.3) is 5.91 Å². The van der Waals surface area contributed by atoms with Gasteiger partial charge in [-0.1, -0.05) is 24.3 Å². The molecule has 2 N–H and O–H groups in total. The number of hydrogen-bond acceptors (Lipinski definition) is 4. The molecule has 1 aromatic carbocycles. The largest absolute Gasteiger partial charge is 0.508 e. The molecule has 7 heteroatoms. The monoisotopic (exact) mass is 354 g/mol. The molecule has 0 aromatic heterocycles. The second-order valence-corrected chi connectivity index (χ2v) is 6.88. The number of hydrogen-bond donors (Lipinski definition) is 2. The van der Waals surface area contributed by atoms with Crippen LogP contribution in [0.2, 0.25) is 0 Å². The third-order valence-electron chi connectivity index (χ3n) is 5.37. The van der Waals surface area contributed by atoms with E-state index in [9.17, 15) is 24.6 Å². The number of carboxylic acids is 1. The van der Waals surface area contributed by atoms with Crippen molar-refractivity contribution in [1.29, 1.82) is 0 Å². The predicted octanol–water partition coefficient (Wildman–Crippen LogP) is 1.21. The van der Waals surface area contributed by atoms with Gasteiger partial charge in [0, 0.05) is 19.4 Å².